The molecule has 0 bridgehead atoms. The topological polar surface area (TPSA) is 68.2 Å². The van der Waals surface area contributed by atoms with Crippen LogP contribution in [0.25, 0.3) is 0 Å². The van der Waals surface area contributed by atoms with Gasteiger partial charge in [-0.2, -0.15) is 0 Å². The average molecular weight is 473 g/mol. The number of oxime groups is 1. The van der Waals surface area contributed by atoms with Crippen LogP contribution in [0, 0.1) is 13.8 Å². The highest BCUT2D eigenvalue weighted by Crippen LogP contribution is 2.29. The number of amides is 1. The Balaban J connectivity index is 1.86. The maximum atomic E-state index is 12.9. The first kappa shape index (κ1) is 25.0. The lowest BCUT2D eigenvalue weighted by Crippen LogP contribution is -2.37. The van der Waals surface area contributed by atoms with E-state index in [1.807, 2.05) is 43.0 Å². The van der Waals surface area contributed by atoms with Crippen LogP contribution in [0.4, 0.5) is 0 Å². The highest BCUT2D eigenvalue weighted by atomic mass is 35.5. The maximum absolute atomic E-state index is 12.9. The fraction of sp³-hybridized carbons (Fsp3) is 0.500. The summed E-state index contributed by atoms with van der Waals surface area (Å²) in [5, 5.41) is 4.78. The molecule has 0 aliphatic carbocycles. The number of esters is 1. The van der Waals surface area contributed by atoms with Crippen molar-refractivity contribution >= 4 is 29.2 Å². The Labute approximate surface area is 201 Å². The Morgan fingerprint density at radius 2 is 1.82 bits per heavy atom. The minimum Gasteiger partial charge on any atom is -0.462 e. The Hall–Kier alpha value is -2.60. The molecule has 2 aliphatic rings. The monoisotopic (exact) mass is 472 g/mol. The summed E-state index contributed by atoms with van der Waals surface area (Å²) in [6.45, 7) is 5.56. The van der Waals surface area contributed by atoms with Gasteiger partial charge in [-0.3, -0.25) is 4.79 Å². The number of hydrogen-bond donors (Lipinski definition) is 0. The quantitative estimate of drug-likeness (QED) is 0.338. The lowest BCUT2D eigenvalue weighted by Gasteiger charge is -2.26. The fourth-order valence-corrected chi connectivity index (χ4v) is 4.36. The van der Waals surface area contributed by atoms with Crippen molar-refractivity contribution < 1.29 is 19.2 Å². The zero-order chi connectivity index (χ0) is 23.6. The van der Waals surface area contributed by atoms with Crippen LogP contribution in [0.3, 0.4) is 0 Å². The van der Waals surface area contributed by atoms with E-state index in [0.29, 0.717) is 41.3 Å². The standard InChI is InChI=1S/C26H33ClN2O4/c1-19-16-20(2)25(27)22-17-21(28-33-18-23(30)29-13-9-7-10-14-29)12-8-5-3-4-6-11-15-32-26(31)24(19)22/h4,6,8,12,16H,3,5,7,9-11,13-15,17-18H2,1-2H3/b6-4+,12-8+,28-21-. The van der Waals surface area contributed by atoms with Gasteiger partial charge in [-0.05, 0) is 75.1 Å². The molecule has 2 heterocycles. The third-order valence-electron chi connectivity index (χ3n) is 5.88. The zero-order valence-corrected chi connectivity index (χ0v) is 20.3. The van der Waals surface area contributed by atoms with Crippen LogP contribution in [0.15, 0.2) is 35.5 Å². The minimum atomic E-state index is -0.389. The SMILES string of the molecule is Cc1cc(C)c2c(c1Cl)CC(=N\OCC(=O)N1CCCCC1)/C=C/CC/C=C/CCOC2=O. The molecule has 33 heavy (non-hydrogen) atoms. The number of carbonyl (C=O) groups is 2. The number of allylic oxidation sites excluding steroid dienone is 3. The number of piperidine rings is 1. The number of nitrogens with zero attached hydrogens (tertiary/aromatic N) is 2. The third kappa shape index (κ3) is 7.19. The van der Waals surface area contributed by atoms with E-state index in [0.717, 1.165) is 56.3 Å². The fourth-order valence-electron chi connectivity index (χ4n) is 4.14. The van der Waals surface area contributed by atoms with E-state index in [4.69, 9.17) is 21.2 Å². The first-order valence-electron chi connectivity index (χ1n) is 11.7. The second-order valence-electron chi connectivity index (χ2n) is 8.53. The molecule has 1 aromatic carbocycles. The van der Waals surface area contributed by atoms with Crippen LogP contribution in [0.1, 0.15) is 65.6 Å². The van der Waals surface area contributed by atoms with E-state index in [-0.39, 0.29) is 18.5 Å². The van der Waals surface area contributed by atoms with E-state index >= 15 is 0 Å². The Morgan fingerprint density at radius 3 is 2.61 bits per heavy atom. The number of likely N-dealkylation sites (tertiary alicyclic amines) is 1. The molecule has 0 spiro atoms. The summed E-state index contributed by atoms with van der Waals surface area (Å²) in [5.74, 6) is -0.442. The smallest absolute Gasteiger partial charge is 0.338 e. The second-order valence-corrected chi connectivity index (χ2v) is 8.91. The van der Waals surface area contributed by atoms with Gasteiger partial charge in [0.1, 0.15) is 0 Å². The number of cyclic esters (lactones) is 1. The van der Waals surface area contributed by atoms with Gasteiger partial charge in [-0.15, -0.1) is 0 Å². The van der Waals surface area contributed by atoms with Gasteiger partial charge in [0, 0.05) is 24.5 Å². The van der Waals surface area contributed by atoms with Crippen LogP contribution in [-0.4, -0.2) is 48.8 Å². The van der Waals surface area contributed by atoms with E-state index < -0.39 is 0 Å². The molecule has 3 rings (SSSR count). The first-order valence-corrected chi connectivity index (χ1v) is 12.1. The van der Waals surface area contributed by atoms with Gasteiger partial charge in [-0.1, -0.05) is 41.1 Å². The van der Waals surface area contributed by atoms with Crippen LogP contribution in [-0.2, 0) is 20.8 Å². The molecule has 178 valence electrons. The van der Waals surface area contributed by atoms with Crippen molar-refractivity contribution in [1.29, 1.82) is 0 Å². The number of benzene rings is 1. The Kier molecular flexibility index (Phi) is 9.55. The van der Waals surface area contributed by atoms with Crippen LogP contribution in [0.5, 0.6) is 0 Å². The molecular weight excluding hydrogens is 440 g/mol. The van der Waals surface area contributed by atoms with Crippen LogP contribution in [0.2, 0.25) is 5.02 Å². The largest absolute Gasteiger partial charge is 0.462 e. The van der Waals surface area contributed by atoms with Gasteiger partial charge in [-0.25, -0.2) is 4.79 Å². The van der Waals surface area contributed by atoms with Gasteiger partial charge >= 0.3 is 5.97 Å². The molecule has 6 nitrogen and oxygen atoms in total. The van der Waals surface area contributed by atoms with Crippen molar-refractivity contribution in [3.63, 3.8) is 0 Å². The van der Waals surface area contributed by atoms with Gasteiger partial charge < -0.3 is 14.5 Å². The Morgan fingerprint density at radius 1 is 1.09 bits per heavy atom. The summed E-state index contributed by atoms with van der Waals surface area (Å²) in [6.07, 6.45) is 13.9. The summed E-state index contributed by atoms with van der Waals surface area (Å²) >= 11 is 6.65. The van der Waals surface area contributed by atoms with Crippen LogP contribution < -0.4 is 0 Å². The Bertz CT molecular complexity index is 946. The first-order chi connectivity index (χ1) is 16.0. The summed E-state index contributed by atoms with van der Waals surface area (Å²) in [5.41, 5.74) is 3.43. The average Bonchev–Trinajstić information content (AvgIpc) is 2.80. The highest BCUT2D eigenvalue weighted by Gasteiger charge is 2.22. The molecule has 1 saturated heterocycles. The molecule has 0 radical (unpaired) electrons. The van der Waals surface area contributed by atoms with Crippen molar-refractivity contribution in [2.45, 2.75) is 58.8 Å². The normalized spacial score (nSPS) is 21.0. The van der Waals surface area contributed by atoms with Gasteiger partial charge in [0.15, 0.2) is 6.61 Å². The predicted molar refractivity (Wildman–Crippen MR) is 131 cm³/mol. The summed E-state index contributed by atoms with van der Waals surface area (Å²) < 4.78 is 5.52. The number of fused-ring (bicyclic) bond motifs is 1. The van der Waals surface area contributed by atoms with E-state index in [2.05, 4.69) is 11.2 Å². The molecule has 0 atom stereocenters. The molecule has 1 amide bonds. The molecule has 0 saturated carbocycles. The van der Waals surface area contributed by atoms with Crippen molar-refractivity contribution in [1.82, 2.24) is 4.90 Å². The molecule has 0 unspecified atom stereocenters. The molecule has 1 fully saturated rings. The van der Waals surface area contributed by atoms with Crippen molar-refractivity contribution in [3.05, 3.63) is 57.6 Å². The van der Waals surface area contributed by atoms with Crippen LogP contribution >= 0.6 is 11.6 Å². The number of rotatable bonds is 3. The second kappa shape index (κ2) is 12.6. The number of ether oxygens (including phenoxy) is 1. The zero-order valence-electron chi connectivity index (χ0n) is 19.6. The number of carbonyl (C=O) groups excluding carboxylic acids is 2. The highest BCUT2D eigenvalue weighted by molar-refractivity contribution is 6.33. The van der Waals surface area contributed by atoms with Gasteiger partial charge in [0.25, 0.3) is 5.91 Å². The molecule has 1 aromatic rings. The minimum absolute atomic E-state index is 0.0530. The lowest BCUT2D eigenvalue weighted by molar-refractivity contribution is -0.137. The number of aryl methyl sites for hydroxylation is 2. The number of halogens is 1. The summed E-state index contributed by atoms with van der Waals surface area (Å²) in [4.78, 5) is 32.6. The van der Waals surface area contributed by atoms with E-state index in [9.17, 15) is 9.59 Å². The molecule has 0 aromatic heterocycles. The van der Waals surface area contributed by atoms with Crippen molar-refractivity contribution in [3.8, 4) is 0 Å². The van der Waals surface area contributed by atoms with Gasteiger partial charge in [0.2, 0.25) is 0 Å². The summed E-state index contributed by atoms with van der Waals surface area (Å²) in [6, 6.07) is 1.89. The summed E-state index contributed by atoms with van der Waals surface area (Å²) in [7, 11) is 0. The lowest BCUT2D eigenvalue weighted by atomic mass is 9.94. The van der Waals surface area contributed by atoms with Gasteiger partial charge in [0.05, 0.1) is 17.9 Å². The molecular formula is C26H33ClN2O4. The third-order valence-corrected chi connectivity index (χ3v) is 6.40. The van der Waals surface area contributed by atoms with Crippen molar-refractivity contribution in [2.75, 3.05) is 26.3 Å². The van der Waals surface area contributed by atoms with E-state index in [1.54, 1.807) is 0 Å². The number of hydrogen-bond acceptors (Lipinski definition) is 5. The van der Waals surface area contributed by atoms with Crippen molar-refractivity contribution in [2.24, 2.45) is 5.16 Å². The molecule has 7 heteroatoms. The molecule has 0 N–H and O–H groups in total. The molecule has 2 aliphatic heterocycles. The predicted octanol–water partition coefficient (Wildman–Crippen LogP) is 5.34. The maximum Gasteiger partial charge on any atom is 0.338 e. The van der Waals surface area contributed by atoms with E-state index in [1.165, 1.54) is 0 Å².